The van der Waals surface area contributed by atoms with Crippen molar-refractivity contribution in [2.45, 2.75) is 354 Å². The number of aliphatic hydroxyl groups excluding tert-OH is 1. The second-order valence-electron chi connectivity index (χ2n) is 26.3. The highest BCUT2D eigenvalue weighted by Gasteiger charge is 2.30. The van der Waals surface area contributed by atoms with Gasteiger partial charge in [0.25, 0.3) is 0 Å². The molecule has 100 heavy (non-hydrogen) atoms. The molecule has 19 heteroatoms. The minimum atomic E-state index is -4.98. The van der Waals surface area contributed by atoms with E-state index in [0.29, 0.717) is 25.7 Å². The van der Waals surface area contributed by atoms with E-state index < -0.39 is 97.5 Å². The zero-order chi connectivity index (χ0) is 73.2. The number of aliphatic hydroxyl groups is 1. The molecule has 5 atom stereocenters. The predicted octanol–water partition coefficient (Wildman–Crippen LogP) is 22.8. The fraction of sp³-hybridized carbons (Fsp3) is 0.753. The van der Waals surface area contributed by atoms with Gasteiger partial charge in [-0.2, -0.15) is 0 Å². The molecule has 17 nitrogen and oxygen atoms in total. The van der Waals surface area contributed by atoms with E-state index in [9.17, 15) is 43.2 Å². The Bertz CT molecular complexity index is 2270. The van der Waals surface area contributed by atoms with E-state index in [2.05, 4.69) is 125 Å². The Kier molecular flexibility index (Phi) is 70.4. The van der Waals surface area contributed by atoms with Crippen molar-refractivity contribution in [2.75, 3.05) is 39.6 Å². The molecule has 3 N–H and O–H groups in total. The van der Waals surface area contributed by atoms with Crippen molar-refractivity contribution in [1.82, 2.24) is 0 Å². The van der Waals surface area contributed by atoms with Crippen molar-refractivity contribution in [1.29, 1.82) is 0 Å². The largest absolute Gasteiger partial charge is 0.472 e. The number of hydrogen-bond acceptors (Lipinski definition) is 15. The van der Waals surface area contributed by atoms with Crippen LogP contribution in [-0.2, 0) is 65.4 Å². The second kappa shape index (κ2) is 73.3. The Morgan fingerprint density at radius 1 is 0.280 bits per heavy atom. The first kappa shape index (κ1) is 96.0. The molecule has 0 spiro atoms. The van der Waals surface area contributed by atoms with Crippen LogP contribution in [0.2, 0.25) is 0 Å². The number of unbranched alkanes of at least 4 members (excludes halogenated alkanes) is 32. The smallest absolute Gasteiger partial charge is 0.462 e. The van der Waals surface area contributed by atoms with E-state index in [1.165, 1.54) is 64.2 Å². The quantitative estimate of drug-likeness (QED) is 0.0169. The van der Waals surface area contributed by atoms with Gasteiger partial charge in [0, 0.05) is 25.7 Å². The molecule has 0 aliphatic rings. The molecule has 578 valence electrons. The van der Waals surface area contributed by atoms with Crippen LogP contribution in [0.5, 0.6) is 0 Å². The van der Waals surface area contributed by atoms with Crippen LogP contribution in [0.4, 0.5) is 0 Å². The molecule has 0 amide bonds. The van der Waals surface area contributed by atoms with E-state index in [4.69, 9.17) is 37.0 Å². The summed E-state index contributed by atoms with van der Waals surface area (Å²) in [4.78, 5) is 72.9. The summed E-state index contributed by atoms with van der Waals surface area (Å²) in [5, 5.41) is 10.6. The highest BCUT2D eigenvalue weighted by Crippen LogP contribution is 2.45. The van der Waals surface area contributed by atoms with Gasteiger partial charge in [-0.1, -0.05) is 260 Å². The molecular weight excluding hydrogens is 1310 g/mol. The summed E-state index contributed by atoms with van der Waals surface area (Å²) >= 11 is 0. The van der Waals surface area contributed by atoms with Crippen LogP contribution in [0.15, 0.2) is 97.2 Å². The standard InChI is InChI=1S/C81H142O17P2/c1-5-9-13-17-21-25-29-33-35-36-37-38-40-44-46-50-54-58-62-66-79(84)92-72-77(98-81(86)68-64-60-56-52-48-42-32-28-24-20-16-12-8-4)74-96-100(89,90)94-70-75(82)69-93-99(87,88)95-73-76(97-80(85)67-63-59-55-51-47-41-31-27-23-19-15-11-7-3)71-91-78(83)65-61-57-53-49-45-43-39-34-30-26-22-18-14-10-6-2/h16,20-22,25-28,31-35,37-39,75-77,82H,5-15,17-19,23-24,29-30,36,40-74H2,1-4H3,(H,87,88)(H,89,90)/b20-16-,25-21-,26-22-,31-27-,32-28-,35-33-,38-37-,39-34-. The maximum absolute atomic E-state index is 13.1. The number of esters is 4. The predicted molar refractivity (Wildman–Crippen MR) is 409 cm³/mol. The molecule has 0 aliphatic heterocycles. The average molecular weight is 1450 g/mol. The molecule has 0 aromatic rings. The zero-order valence-electron chi connectivity index (χ0n) is 63.1. The van der Waals surface area contributed by atoms with Crippen LogP contribution in [0, 0.1) is 0 Å². The van der Waals surface area contributed by atoms with Crippen LogP contribution in [0.3, 0.4) is 0 Å². The summed E-state index contributed by atoms with van der Waals surface area (Å²) in [7, 11) is -9.96. The van der Waals surface area contributed by atoms with E-state index in [-0.39, 0.29) is 25.7 Å². The summed E-state index contributed by atoms with van der Waals surface area (Å²) in [5.41, 5.74) is 0. The number of ether oxygens (including phenoxy) is 4. The zero-order valence-corrected chi connectivity index (χ0v) is 64.9. The number of carbonyl (C=O) groups is 4. The topological polar surface area (TPSA) is 237 Å². The first-order valence-electron chi connectivity index (χ1n) is 39.5. The minimum Gasteiger partial charge on any atom is -0.462 e. The van der Waals surface area contributed by atoms with Gasteiger partial charge < -0.3 is 33.8 Å². The Balaban J connectivity index is 5.35. The average Bonchev–Trinajstić information content (AvgIpc) is 0.946. The van der Waals surface area contributed by atoms with Gasteiger partial charge >= 0.3 is 39.5 Å². The van der Waals surface area contributed by atoms with Gasteiger partial charge in [0.2, 0.25) is 0 Å². The molecule has 0 heterocycles. The SMILES string of the molecule is CCC/C=C\C/C=C\CCCCCCCC(=O)OC(COC(=O)CCCCCCCC/C=C\C/C=C\C/C=C\CCCCC)COP(=O)(O)OCC(O)COP(=O)(O)OCC(COC(=O)CCCCCCC/C=C\C/C=C\CCCCC)OC(=O)CCCCCCC/C=C\CCCCCC. The number of phosphoric acid groups is 2. The van der Waals surface area contributed by atoms with Crippen molar-refractivity contribution in [3.05, 3.63) is 97.2 Å². The van der Waals surface area contributed by atoms with Gasteiger partial charge in [-0.05, 0) is 148 Å². The van der Waals surface area contributed by atoms with Crippen molar-refractivity contribution >= 4 is 39.5 Å². The lowest BCUT2D eigenvalue weighted by molar-refractivity contribution is -0.161. The molecule has 0 rings (SSSR count). The second-order valence-corrected chi connectivity index (χ2v) is 29.2. The first-order valence-corrected chi connectivity index (χ1v) is 42.5. The third-order valence-electron chi connectivity index (χ3n) is 16.5. The summed E-state index contributed by atoms with van der Waals surface area (Å²) in [6, 6.07) is 0. The first-order chi connectivity index (χ1) is 48.7. The lowest BCUT2D eigenvalue weighted by Crippen LogP contribution is -2.30. The normalized spacial score (nSPS) is 14.4. The van der Waals surface area contributed by atoms with Crippen LogP contribution in [0.1, 0.15) is 336 Å². The Hall–Kier alpha value is -4.02. The number of rotatable bonds is 74. The van der Waals surface area contributed by atoms with Gasteiger partial charge in [-0.15, -0.1) is 0 Å². The molecule has 0 fully saturated rings. The number of allylic oxidation sites excluding steroid dienone is 16. The van der Waals surface area contributed by atoms with E-state index >= 15 is 0 Å². The van der Waals surface area contributed by atoms with Crippen LogP contribution >= 0.6 is 15.6 Å². The van der Waals surface area contributed by atoms with Crippen LogP contribution in [0.25, 0.3) is 0 Å². The molecule has 0 bridgehead atoms. The fourth-order valence-electron chi connectivity index (χ4n) is 10.4. The van der Waals surface area contributed by atoms with Crippen molar-refractivity contribution in [3.63, 3.8) is 0 Å². The lowest BCUT2D eigenvalue weighted by atomic mass is 10.1. The molecular formula is C81H142O17P2. The van der Waals surface area contributed by atoms with Crippen LogP contribution < -0.4 is 0 Å². The maximum atomic E-state index is 13.1. The van der Waals surface area contributed by atoms with Crippen molar-refractivity contribution in [2.24, 2.45) is 0 Å². The molecule has 0 saturated carbocycles. The van der Waals surface area contributed by atoms with Crippen LogP contribution in [-0.4, -0.2) is 96.7 Å². The lowest BCUT2D eigenvalue weighted by Gasteiger charge is -2.21. The van der Waals surface area contributed by atoms with Gasteiger partial charge in [0.15, 0.2) is 12.2 Å². The molecule has 5 unspecified atom stereocenters. The Labute approximate surface area is 607 Å². The summed E-state index contributed by atoms with van der Waals surface area (Å²) in [6.07, 6.45) is 76.7. The minimum absolute atomic E-state index is 0.0753. The van der Waals surface area contributed by atoms with Gasteiger partial charge in [0.05, 0.1) is 26.4 Å². The van der Waals surface area contributed by atoms with Gasteiger partial charge in [-0.3, -0.25) is 37.3 Å². The van der Waals surface area contributed by atoms with Gasteiger partial charge in [-0.25, -0.2) is 9.13 Å². The van der Waals surface area contributed by atoms with E-state index in [1.54, 1.807) is 0 Å². The van der Waals surface area contributed by atoms with Gasteiger partial charge in [0.1, 0.15) is 19.3 Å². The van der Waals surface area contributed by atoms with Crippen molar-refractivity contribution < 1.29 is 80.2 Å². The summed E-state index contributed by atoms with van der Waals surface area (Å²) in [6.45, 7) is 4.71. The van der Waals surface area contributed by atoms with E-state index in [1.807, 2.05) is 0 Å². The van der Waals surface area contributed by atoms with E-state index in [0.717, 1.165) is 193 Å². The third kappa shape index (κ3) is 72.3. The molecule has 0 aromatic heterocycles. The maximum Gasteiger partial charge on any atom is 0.472 e. The number of hydrogen-bond donors (Lipinski definition) is 3. The fourth-order valence-corrected chi connectivity index (χ4v) is 12.0. The molecule has 0 aliphatic carbocycles. The Morgan fingerprint density at radius 2 is 0.510 bits per heavy atom. The number of phosphoric ester groups is 2. The Morgan fingerprint density at radius 3 is 0.820 bits per heavy atom. The number of carbonyl (C=O) groups excluding carboxylic acids is 4. The van der Waals surface area contributed by atoms with Crippen molar-refractivity contribution in [3.8, 4) is 0 Å². The summed E-state index contributed by atoms with van der Waals surface area (Å²) < 4.78 is 68.5. The highest BCUT2D eigenvalue weighted by molar-refractivity contribution is 7.47. The monoisotopic (exact) mass is 1450 g/mol. The third-order valence-corrected chi connectivity index (χ3v) is 18.4. The highest BCUT2D eigenvalue weighted by atomic mass is 31.2. The molecule has 0 aromatic carbocycles. The molecule has 0 saturated heterocycles. The molecule has 0 radical (unpaired) electrons. The summed E-state index contributed by atoms with van der Waals surface area (Å²) in [5.74, 6) is -2.22.